The lowest BCUT2D eigenvalue weighted by Gasteiger charge is -2.21. The molecule has 0 bridgehead atoms. The topological polar surface area (TPSA) is 20.2 Å². The van der Waals surface area contributed by atoms with E-state index >= 15 is 0 Å². The lowest BCUT2D eigenvalue weighted by atomic mass is 10.5. The quantitative estimate of drug-likeness (QED) is 0.454. The maximum Gasteiger partial charge on any atom is 0.101 e. The molecule has 0 aromatic heterocycles. The molecule has 0 saturated heterocycles. The third kappa shape index (κ3) is 17.7. The van der Waals surface area contributed by atoms with Gasteiger partial charge in [-0.15, -0.1) is 0 Å². The van der Waals surface area contributed by atoms with Crippen LogP contribution in [0.4, 0.5) is 0 Å². The van der Waals surface area contributed by atoms with Crippen LogP contribution < -0.4 is 0 Å². The van der Waals surface area contributed by atoms with Gasteiger partial charge in [0.1, 0.15) is 6.54 Å². The van der Waals surface area contributed by atoms with Gasteiger partial charge in [0, 0.05) is 0 Å². The van der Waals surface area contributed by atoms with Crippen molar-refractivity contribution in [3.05, 3.63) is 0 Å². The van der Waals surface area contributed by atoms with Gasteiger partial charge in [-0.1, -0.05) is 0 Å². The molecule has 4 heteroatoms. The molecule has 1 atom stereocenters. The van der Waals surface area contributed by atoms with E-state index in [1.54, 1.807) is 0 Å². The molecule has 0 rings (SSSR count). The van der Waals surface area contributed by atoms with E-state index in [4.69, 9.17) is 5.11 Å². The van der Waals surface area contributed by atoms with E-state index in [9.17, 15) is 0 Å². The molecule has 60 valence electrons. The number of hydrogen-bond donors (Lipinski definition) is 1. The standard InChI is InChI=1S/C5H14NO.H3P.H2S/c1-6(2,3)4-5-7;;/h7H,4-5H2,1-3H3;1H3;1H2/q+1;;. The van der Waals surface area contributed by atoms with Crippen molar-refractivity contribution >= 4 is 23.4 Å². The molecule has 0 spiro atoms. The second-order valence-corrected chi connectivity index (χ2v) is 2.74. The highest BCUT2D eigenvalue weighted by Crippen LogP contribution is 1.84. The van der Waals surface area contributed by atoms with Crippen molar-refractivity contribution in [3.8, 4) is 0 Å². The molecular weight excluding hydrogens is 153 g/mol. The zero-order valence-corrected chi connectivity index (χ0v) is 8.93. The number of quaternary nitrogens is 1. The van der Waals surface area contributed by atoms with E-state index in [0.29, 0.717) is 0 Å². The second kappa shape index (κ2) is 6.81. The molecule has 0 radical (unpaired) electrons. The summed E-state index contributed by atoms with van der Waals surface area (Å²) in [6.45, 7) is 1.11. The Morgan fingerprint density at radius 1 is 1.22 bits per heavy atom. The molecule has 0 heterocycles. The summed E-state index contributed by atoms with van der Waals surface area (Å²) in [7, 11) is 6.16. The normalized spacial score (nSPS) is 9.33. The summed E-state index contributed by atoms with van der Waals surface area (Å²) in [4.78, 5) is 0. The molecule has 0 aliphatic heterocycles. The van der Waals surface area contributed by atoms with Crippen LogP contribution in [-0.2, 0) is 0 Å². The minimum atomic E-state index is 0. The molecule has 0 aliphatic rings. The number of likely N-dealkylation sites (N-methyl/N-ethyl adjacent to an activating group) is 1. The highest BCUT2D eigenvalue weighted by Gasteiger charge is 2.02. The van der Waals surface area contributed by atoms with E-state index in [0.717, 1.165) is 11.0 Å². The van der Waals surface area contributed by atoms with Gasteiger partial charge in [0.25, 0.3) is 0 Å². The van der Waals surface area contributed by atoms with Gasteiger partial charge in [0.05, 0.1) is 27.7 Å². The van der Waals surface area contributed by atoms with Crippen LogP contribution >= 0.6 is 23.4 Å². The van der Waals surface area contributed by atoms with Crippen LogP contribution in [0.2, 0.25) is 0 Å². The number of aliphatic hydroxyl groups is 1. The van der Waals surface area contributed by atoms with Crippen molar-refractivity contribution in [1.82, 2.24) is 0 Å². The molecule has 0 saturated carbocycles. The molecule has 0 amide bonds. The maximum atomic E-state index is 8.39. The van der Waals surface area contributed by atoms with E-state index in [1.165, 1.54) is 0 Å². The largest absolute Gasteiger partial charge is 0.391 e. The van der Waals surface area contributed by atoms with Gasteiger partial charge in [-0.25, -0.2) is 0 Å². The first kappa shape index (κ1) is 16.4. The van der Waals surface area contributed by atoms with Crippen LogP contribution in [0.5, 0.6) is 0 Å². The SMILES string of the molecule is C[N+](C)(C)CCO.P.S. The maximum absolute atomic E-state index is 8.39. The molecule has 2 nitrogen and oxygen atoms in total. The molecule has 0 aromatic carbocycles. The highest BCUT2D eigenvalue weighted by atomic mass is 32.1. The van der Waals surface area contributed by atoms with Crippen molar-refractivity contribution in [2.24, 2.45) is 0 Å². The zero-order chi connectivity index (χ0) is 5.91. The summed E-state index contributed by atoms with van der Waals surface area (Å²) in [6.07, 6.45) is 0. The summed E-state index contributed by atoms with van der Waals surface area (Å²) in [5.74, 6) is 0. The van der Waals surface area contributed by atoms with Gasteiger partial charge in [-0.05, 0) is 0 Å². The molecule has 0 fully saturated rings. The Morgan fingerprint density at radius 3 is 1.56 bits per heavy atom. The average Bonchev–Trinajstić information content (AvgIpc) is 1.30. The first-order valence-corrected chi connectivity index (χ1v) is 2.47. The van der Waals surface area contributed by atoms with Crippen LogP contribution in [-0.4, -0.2) is 43.9 Å². The third-order valence-corrected chi connectivity index (χ3v) is 0.771. The molecule has 0 aromatic rings. The lowest BCUT2D eigenvalue weighted by molar-refractivity contribution is -0.870. The summed E-state index contributed by atoms with van der Waals surface area (Å²) < 4.78 is 0.844. The van der Waals surface area contributed by atoms with Crippen molar-refractivity contribution in [1.29, 1.82) is 0 Å². The van der Waals surface area contributed by atoms with E-state index in [1.807, 2.05) is 0 Å². The first-order chi connectivity index (χ1) is 3.06. The molecular formula is C5H19NOPS+. The van der Waals surface area contributed by atoms with Crippen molar-refractivity contribution in [2.75, 3.05) is 34.3 Å². The summed E-state index contributed by atoms with van der Waals surface area (Å²) in [5, 5.41) is 8.39. The average molecular weight is 172 g/mol. The lowest BCUT2D eigenvalue weighted by Crippen LogP contribution is -2.36. The Labute approximate surface area is 67.9 Å². The van der Waals surface area contributed by atoms with Crippen LogP contribution in [0.1, 0.15) is 0 Å². The van der Waals surface area contributed by atoms with Gasteiger partial charge in [-0.2, -0.15) is 23.4 Å². The number of aliphatic hydroxyl groups excluding tert-OH is 1. The Hall–Kier alpha value is 0.700. The molecule has 0 aliphatic carbocycles. The first-order valence-electron chi connectivity index (χ1n) is 2.47. The van der Waals surface area contributed by atoms with Gasteiger partial charge in [0.2, 0.25) is 0 Å². The zero-order valence-electron chi connectivity index (χ0n) is 6.52. The summed E-state index contributed by atoms with van der Waals surface area (Å²) in [5.41, 5.74) is 0. The summed E-state index contributed by atoms with van der Waals surface area (Å²) >= 11 is 0. The number of rotatable bonds is 2. The summed E-state index contributed by atoms with van der Waals surface area (Å²) in [6, 6.07) is 0. The number of nitrogens with zero attached hydrogens (tertiary/aromatic N) is 1. The Kier molecular flexibility index (Phi) is 12.4. The van der Waals surface area contributed by atoms with E-state index in [-0.39, 0.29) is 30.0 Å². The molecule has 9 heavy (non-hydrogen) atoms. The van der Waals surface area contributed by atoms with Gasteiger partial charge in [0.15, 0.2) is 0 Å². The van der Waals surface area contributed by atoms with Crippen molar-refractivity contribution in [3.63, 3.8) is 0 Å². The minimum absolute atomic E-state index is 0. The Balaban J connectivity index is -0.000000180. The van der Waals surface area contributed by atoms with Crippen LogP contribution in [0, 0.1) is 0 Å². The Morgan fingerprint density at radius 2 is 1.56 bits per heavy atom. The fraction of sp³-hybridized carbons (Fsp3) is 1.00. The third-order valence-electron chi connectivity index (χ3n) is 0.771. The van der Waals surface area contributed by atoms with Crippen molar-refractivity contribution in [2.45, 2.75) is 0 Å². The van der Waals surface area contributed by atoms with Crippen LogP contribution in [0.3, 0.4) is 0 Å². The van der Waals surface area contributed by atoms with Crippen LogP contribution in [0.15, 0.2) is 0 Å². The predicted octanol–water partition coefficient (Wildman–Crippen LogP) is -0.144. The van der Waals surface area contributed by atoms with Crippen LogP contribution in [0.25, 0.3) is 0 Å². The second-order valence-electron chi connectivity index (χ2n) is 2.74. The van der Waals surface area contributed by atoms with Gasteiger partial charge in [-0.3, -0.25) is 0 Å². The van der Waals surface area contributed by atoms with Gasteiger partial charge < -0.3 is 9.59 Å². The minimum Gasteiger partial charge on any atom is -0.391 e. The monoisotopic (exact) mass is 172 g/mol. The highest BCUT2D eigenvalue weighted by molar-refractivity contribution is 7.59. The van der Waals surface area contributed by atoms with Gasteiger partial charge >= 0.3 is 0 Å². The smallest absolute Gasteiger partial charge is 0.101 e. The number of hydrogen-bond acceptors (Lipinski definition) is 1. The predicted molar refractivity (Wildman–Crippen MR) is 51.5 cm³/mol. The molecule has 1 unspecified atom stereocenters. The van der Waals surface area contributed by atoms with Crippen molar-refractivity contribution < 1.29 is 9.59 Å². The molecule has 1 N–H and O–H groups in total. The van der Waals surface area contributed by atoms with E-state index in [2.05, 4.69) is 21.1 Å². The Bertz CT molecular complexity index is 55.4. The fourth-order valence-electron chi connectivity index (χ4n) is 0.300. The van der Waals surface area contributed by atoms with E-state index < -0.39 is 0 Å². The fourth-order valence-corrected chi connectivity index (χ4v) is 0.300.